The lowest BCUT2D eigenvalue weighted by atomic mass is 9.86. The molecule has 0 aliphatic heterocycles. The summed E-state index contributed by atoms with van der Waals surface area (Å²) < 4.78 is 5.11. The summed E-state index contributed by atoms with van der Waals surface area (Å²) in [6.07, 6.45) is 5.04. The minimum absolute atomic E-state index is 0.0219. The van der Waals surface area contributed by atoms with Crippen molar-refractivity contribution >= 4 is 17.7 Å². The molecule has 0 aromatic heterocycles. The number of aliphatic hydroxyl groups excluding tert-OH is 1. The van der Waals surface area contributed by atoms with Gasteiger partial charge in [-0.3, -0.25) is 4.79 Å². The molecule has 5 heteroatoms. The van der Waals surface area contributed by atoms with Gasteiger partial charge in [0.1, 0.15) is 0 Å². The minimum atomic E-state index is -0.0219. The number of carbonyl (C=O) groups is 1. The number of aliphatic hydroxyl groups is 1. The molecule has 19 heavy (non-hydrogen) atoms. The van der Waals surface area contributed by atoms with Crippen molar-refractivity contribution in [1.82, 2.24) is 5.32 Å². The summed E-state index contributed by atoms with van der Waals surface area (Å²) in [5.74, 6) is 2.16. The molecule has 1 aliphatic carbocycles. The number of carbonyl (C=O) groups excluding carboxylic acids is 1. The summed E-state index contributed by atoms with van der Waals surface area (Å²) >= 11 is 1.87. The van der Waals surface area contributed by atoms with Crippen molar-refractivity contribution in [3.8, 4) is 0 Å². The Balaban J connectivity index is 2.11. The van der Waals surface area contributed by atoms with E-state index < -0.39 is 0 Å². The van der Waals surface area contributed by atoms with Crippen molar-refractivity contribution in [2.24, 2.45) is 5.92 Å². The Kier molecular flexibility index (Phi) is 9.30. The van der Waals surface area contributed by atoms with E-state index in [2.05, 4.69) is 5.32 Å². The fraction of sp³-hybridized carbons (Fsp3) is 0.929. The predicted octanol–water partition coefficient (Wildman–Crippen LogP) is 1.81. The van der Waals surface area contributed by atoms with Gasteiger partial charge >= 0.3 is 5.97 Å². The van der Waals surface area contributed by atoms with Gasteiger partial charge in [0.05, 0.1) is 12.5 Å². The van der Waals surface area contributed by atoms with Gasteiger partial charge in [-0.05, 0) is 38.4 Å². The van der Waals surface area contributed by atoms with Gasteiger partial charge in [0, 0.05) is 24.9 Å². The number of nitrogens with one attached hydrogen (secondary N) is 1. The van der Waals surface area contributed by atoms with Gasteiger partial charge in [-0.1, -0.05) is 6.42 Å². The van der Waals surface area contributed by atoms with Gasteiger partial charge in [-0.2, -0.15) is 11.8 Å². The van der Waals surface area contributed by atoms with Crippen LogP contribution in [0.25, 0.3) is 0 Å². The standard InChI is InChI=1S/C14H27NO3S/c1-2-18-14(17)12-5-3-6-13(11-12)15-7-10-19-9-4-8-16/h12-13,15-16H,2-11H2,1H3. The maximum absolute atomic E-state index is 11.7. The lowest BCUT2D eigenvalue weighted by molar-refractivity contribution is -0.149. The molecule has 1 saturated carbocycles. The molecule has 0 spiro atoms. The summed E-state index contributed by atoms with van der Waals surface area (Å²) in [5.41, 5.74) is 0. The first-order valence-corrected chi connectivity index (χ1v) is 8.52. The lowest BCUT2D eigenvalue weighted by Gasteiger charge is -2.28. The monoisotopic (exact) mass is 289 g/mol. The Morgan fingerprint density at radius 1 is 1.42 bits per heavy atom. The van der Waals surface area contributed by atoms with E-state index in [0.29, 0.717) is 12.6 Å². The smallest absolute Gasteiger partial charge is 0.308 e. The summed E-state index contributed by atoms with van der Waals surface area (Å²) in [7, 11) is 0. The van der Waals surface area contributed by atoms with Crippen LogP contribution in [0, 0.1) is 5.92 Å². The number of thioether (sulfide) groups is 1. The van der Waals surface area contributed by atoms with Gasteiger partial charge in [0.25, 0.3) is 0 Å². The van der Waals surface area contributed by atoms with E-state index in [-0.39, 0.29) is 18.5 Å². The third-order valence-electron chi connectivity index (χ3n) is 3.42. The quantitative estimate of drug-likeness (QED) is 0.501. The first-order valence-electron chi connectivity index (χ1n) is 7.36. The third kappa shape index (κ3) is 7.18. The molecule has 0 aromatic carbocycles. The van der Waals surface area contributed by atoms with Crippen molar-refractivity contribution in [3.63, 3.8) is 0 Å². The molecule has 0 saturated heterocycles. The molecule has 1 aliphatic rings. The van der Waals surface area contributed by atoms with Crippen LogP contribution in [0.5, 0.6) is 0 Å². The molecule has 0 amide bonds. The van der Waals surface area contributed by atoms with Gasteiger partial charge in [0.15, 0.2) is 0 Å². The molecule has 0 bridgehead atoms. The molecular weight excluding hydrogens is 262 g/mol. The fourth-order valence-electron chi connectivity index (χ4n) is 2.45. The zero-order valence-corrected chi connectivity index (χ0v) is 12.7. The van der Waals surface area contributed by atoms with Crippen LogP contribution in [-0.4, -0.2) is 48.4 Å². The molecule has 4 nitrogen and oxygen atoms in total. The molecule has 2 atom stereocenters. The van der Waals surface area contributed by atoms with E-state index in [9.17, 15) is 4.79 Å². The van der Waals surface area contributed by atoms with E-state index in [1.54, 1.807) is 0 Å². The highest BCUT2D eigenvalue weighted by atomic mass is 32.2. The van der Waals surface area contributed by atoms with E-state index in [4.69, 9.17) is 9.84 Å². The molecule has 112 valence electrons. The molecule has 1 rings (SSSR count). The van der Waals surface area contributed by atoms with Crippen LogP contribution < -0.4 is 5.32 Å². The Morgan fingerprint density at radius 2 is 2.26 bits per heavy atom. The number of hydrogen-bond acceptors (Lipinski definition) is 5. The Labute approximate surface area is 120 Å². The third-order valence-corrected chi connectivity index (χ3v) is 4.49. The molecule has 0 radical (unpaired) electrons. The highest BCUT2D eigenvalue weighted by molar-refractivity contribution is 7.99. The highest BCUT2D eigenvalue weighted by Gasteiger charge is 2.27. The van der Waals surface area contributed by atoms with Crippen molar-refractivity contribution < 1.29 is 14.6 Å². The van der Waals surface area contributed by atoms with Crippen molar-refractivity contribution in [3.05, 3.63) is 0 Å². The van der Waals surface area contributed by atoms with Crippen LogP contribution in [0.3, 0.4) is 0 Å². The van der Waals surface area contributed by atoms with E-state index in [1.807, 2.05) is 18.7 Å². The summed E-state index contributed by atoms with van der Waals surface area (Å²) in [6, 6.07) is 0.460. The van der Waals surface area contributed by atoms with Gasteiger partial charge in [-0.25, -0.2) is 0 Å². The first-order chi connectivity index (χ1) is 9.27. The second kappa shape index (κ2) is 10.5. The fourth-order valence-corrected chi connectivity index (χ4v) is 3.25. The predicted molar refractivity (Wildman–Crippen MR) is 79.4 cm³/mol. The highest BCUT2D eigenvalue weighted by Crippen LogP contribution is 2.25. The topological polar surface area (TPSA) is 58.6 Å². The van der Waals surface area contributed by atoms with Gasteiger partial charge in [-0.15, -0.1) is 0 Å². The van der Waals surface area contributed by atoms with E-state index >= 15 is 0 Å². The largest absolute Gasteiger partial charge is 0.466 e. The number of ether oxygens (including phenoxy) is 1. The number of hydrogen-bond donors (Lipinski definition) is 2. The zero-order valence-electron chi connectivity index (χ0n) is 11.9. The average molecular weight is 289 g/mol. The van der Waals surface area contributed by atoms with Crippen LogP contribution >= 0.6 is 11.8 Å². The normalized spacial score (nSPS) is 23.3. The van der Waals surface area contributed by atoms with Gasteiger partial charge in [0.2, 0.25) is 0 Å². The second-order valence-corrected chi connectivity index (χ2v) is 6.18. The molecule has 1 fully saturated rings. The maximum atomic E-state index is 11.7. The van der Waals surface area contributed by atoms with Crippen molar-refractivity contribution in [2.45, 2.75) is 45.1 Å². The molecule has 0 heterocycles. The van der Waals surface area contributed by atoms with Crippen LogP contribution in [0.15, 0.2) is 0 Å². The Hall–Kier alpha value is -0.260. The molecule has 2 unspecified atom stereocenters. The molecule has 0 aromatic rings. The summed E-state index contributed by atoms with van der Waals surface area (Å²) in [4.78, 5) is 11.7. The van der Waals surface area contributed by atoms with Crippen LogP contribution in [-0.2, 0) is 9.53 Å². The van der Waals surface area contributed by atoms with Crippen molar-refractivity contribution in [1.29, 1.82) is 0 Å². The maximum Gasteiger partial charge on any atom is 0.308 e. The van der Waals surface area contributed by atoms with Crippen LogP contribution in [0.4, 0.5) is 0 Å². The Bertz CT molecular complexity index is 251. The van der Waals surface area contributed by atoms with Crippen LogP contribution in [0.1, 0.15) is 39.0 Å². The van der Waals surface area contributed by atoms with Crippen LogP contribution in [0.2, 0.25) is 0 Å². The van der Waals surface area contributed by atoms with E-state index in [0.717, 1.165) is 50.2 Å². The molecular formula is C14H27NO3S. The summed E-state index contributed by atoms with van der Waals surface area (Å²) in [6.45, 7) is 3.61. The SMILES string of the molecule is CCOC(=O)C1CCCC(NCCSCCCO)C1. The van der Waals surface area contributed by atoms with Gasteiger partial charge < -0.3 is 15.2 Å². The number of esters is 1. The zero-order chi connectivity index (χ0) is 13.9. The molecule has 2 N–H and O–H groups in total. The Morgan fingerprint density at radius 3 is 3.00 bits per heavy atom. The van der Waals surface area contributed by atoms with E-state index in [1.165, 1.54) is 0 Å². The lowest BCUT2D eigenvalue weighted by Crippen LogP contribution is -2.38. The minimum Gasteiger partial charge on any atom is -0.466 e. The first kappa shape index (κ1) is 16.8. The number of rotatable bonds is 9. The van der Waals surface area contributed by atoms with Crippen molar-refractivity contribution in [2.75, 3.05) is 31.3 Å². The summed E-state index contributed by atoms with van der Waals surface area (Å²) in [5, 5.41) is 12.2. The average Bonchev–Trinajstić information content (AvgIpc) is 2.43. The second-order valence-electron chi connectivity index (χ2n) is 4.96.